The number of carbonyl (C=O) groups excluding carboxylic acids is 2. The smallest absolute Gasteiger partial charge is 0.224 e. The first-order chi connectivity index (χ1) is 11.5. The SMILES string of the molecule is CCOCCC(=O)N1CCCC2(CCC(=O)N(CCC(C)C)C2)C1. The van der Waals surface area contributed by atoms with Gasteiger partial charge >= 0.3 is 0 Å². The van der Waals surface area contributed by atoms with Crippen LogP contribution in [0.5, 0.6) is 0 Å². The predicted octanol–water partition coefficient (Wildman–Crippen LogP) is 2.69. The van der Waals surface area contributed by atoms with Crippen molar-refractivity contribution in [3.63, 3.8) is 0 Å². The molecular weight excluding hydrogens is 304 g/mol. The topological polar surface area (TPSA) is 49.9 Å². The molecule has 2 saturated heterocycles. The van der Waals surface area contributed by atoms with Crippen LogP contribution in [0.15, 0.2) is 0 Å². The summed E-state index contributed by atoms with van der Waals surface area (Å²) in [6.45, 7) is 10.9. The molecule has 0 aliphatic carbocycles. The Balaban J connectivity index is 1.93. The molecule has 2 aliphatic heterocycles. The van der Waals surface area contributed by atoms with E-state index in [0.29, 0.717) is 37.9 Å². The Hall–Kier alpha value is -1.10. The van der Waals surface area contributed by atoms with Crippen LogP contribution < -0.4 is 0 Å². The van der Waals surface area contributed by atoms with Gasteiger partial charge in [-0.25, -0.2) is 0 Å². The minimum absolute atomic E-state index is 0.115. The quantitative estimate of drug-likeness (QED) is 0.671. The predicted molar refractivity (Wildman–Crippen MR) is 94.6 cm³/mol. The monoisotopic (exact) mass is 338 g/mol. The van der Waals surface area contributed by atoms with Crippen molar-refractivity contribution < 1.29 is 14.3 Å². The van der Waals surface area contributed by atoms with Crippen LogP contribution in [0.4, 0.5) is 0 Å². The maximum absolute atomic E-state index is 12.4. The molecule has 0 aromatic heterocycles. The van der Waals surface area contributed by atoms with E-state index in [1.165, 1.54) is 0 Å². The summed E-state index contributed by atoms with van der Waals surface area (Å²) in [5, 5.41) is 0. The zero-order chi connectivity index (χ0) is 17.6. The first-order valence-corrected chi connectivity index (χ1v) is 9.59. The molecule has 2 aliphatic rings. The molecule has 0 aromatic rings. The molecule has 0 N–H and O–H groups in total. The highest BCUT2D eigenvalue weighted by Gasteiger charge is 2.42. The van der Waals surface area contributed by atoms with Gasteiger partial charge in [-0.2, -0.15) is 0 Å². The summed E-state index contributed by atoms with van der Waals surface area (Å²) in [6.07, 6.45) is 5.28. The van der Waals surface area contributed by atoms with Gasteiger partial charge in [-0.15, -0.1) is 0 Å². The Labute approximate surface area is 146 Å². The lowest BCUT2D eigenvalue weighted by Gasteiger charge is -2.48. The third kappa shape index (κ3) is 5.20. The van der Waals surface area contributed by atoms with E-state index in [1.54, 1.807) is 0 Å². The summed E-state index contributed by atoms with van der Waals surface area (Å²) < 4.78 is 5.32. The first kappa shape index (κ1) is 19.2. The number of rotatable bonds is 7. The van der Waals surface area contributed by atoms with Crippen LogP contribution in [0.25, 0.3) is 0 Å². The number of piperidine rings is 2. The molecule has 1 spiro atoms. The molecule has 0 bridgehead atoms. The number of amides is 2. The first-order valence-electron chi connectivity index (χ1n) is 9.59. The van der Waals surface area contributed by atoms with Gasteiger partial charge in [0.25, 0.3) is 0 Å². The normalized spacial score (nSPS) is 24.9. The standard InChI is InChI=1S/C19H34N2O3/c1-4-24-13-8-18(23)20-11-5-9-19(14-20)10-6-17(22)21(15-19)12-7-16(2)3/h16H,4-15H2,1-3H3. The minimum atomic E-state index is 0.115. The van der Waals surface area contributed by atoms with E-state index >= 15 is 0 Å². The maximum atomic E-state index is 12.4. The van der Waals surface area contributed by atoms with Gasteiger partial charge in [-0.1, -0.05) is 13.8 Å². The molecule has 2 amide bonds. The van der Waals surface area contributed by atoms with E-state index in [1.807, 2.05) is 11.8 Å². The van der Waals surface area contributed by atoms with Gasteiger partial charge < -0.3 is 14.5 Å². The van der Waals surface area contributed by atoms with Gasteiger partial charge in [-0.05, 0) is 38.5 Å². The zero-order valence-corrected chi connectivity index (χ0v) is 15.7. The molecule has 0 radical (unpaired) electrons. The molecule has 5 nitrogen and oxygen atoms in total. The van der Waals surface area contributed by atoms with Gasteiger partial charge in [0, 0.05) is 44.6 Å². The van der Waals surface area contributed by atoms with E-state index < -0.39 is 0 Å². The van der Waals surface area contributed by atoms with Crippen LogP contribution in [0.2, 0.25) is 0 Å². The second-order valence-electron chi connectivity index (χ2n) is 7.86. The van der Waals surface area contributed by atoms with Crippen LogP contribution in [0.3, 0.4) is 0 Å². The second-order valence-corrected chi connectivity index (χ2v) is 7.86. The van der Waals surface area contributed by atoms with Crippen molar-refractivity contribution in [2.45, 2.75) is 59.3 Å². The fraction of sp³-hybridized carbons (Fsp3) is 0.895. The second kappa shape index (κ2) is 8.84. The number of hydrogen-bond acceptors (Lipinski definition) is 3. The average molecular weight is 338 g/mol. The molecule has 2 heterocycles. The van der Waals surface area contributed by atoms with Gasteiger partial charge in [-0.3, -0.25) is 9.59 Å². The number of hydrogen-bond donors (Lipinski definition) is 0. The van der Waals surface area contributed by atoms with E-state index in [4.69, 9.17) is 4.74 Å². The van der Waals surface area contributed by atoms with Gasteiger partial charge in [0.2, 0.25) is 11.8 Å². The Bertz CT molecular complexity index is 438. The molecule has 0 saturated carbocycles. The molecule has 2 fully saturated rings. The van der Waals surface area contributed by atoms with E-state index in [0.717, 1.165) is 51.9 Å². The van der Waals surface area contributed by atoms with E-state index in [-0.39, 0.29) is 11.3 Å². The Kier molecular flexibility index (Phi) is 7.08. The molecular formula is C19H34N2O3. The lowest BCUT2D eigenvalue weighted by atomic mass is 9.73. The van der Waals surface area contributed by atoms with Gasteiger partial charge in [0.05, 0.1) is 13.0 Å². The fourth-order valence-corrected chi connectivity index (χ4v) is 3.94. The highest BCUT2D eigenvalue weighted by Crippen LogP contribution is 2.39. The Morgan fingerprint density at radius 3 is 2.79 bits per heavy atom. The third-order valence-electron chi connectivity index (χ3n) is 5.40. The fourth-order valence-electron chi connectivity index (χ4n) is 3.94. The van der Waals surface area contributed by atoms with Crippen LogP contribution in [-0.2, 0) is 14.3 Å². The molecule has 5 heteroatoms. The third-order valence-corrected chi connectivity index (χ3v) is 5.40. The summed E-state index contributed by atoms with van der Waals surface area (Å²) in [5.41, 5.74) is 0.115. The minimum Gasteiger partial charge on any atom is -0.381 e. The van der Waals surface area contributed by atoms with E-state index in [2.05, 4.69) is 18.7 Å². The molecule has 2 rings (SSSR count). The molecule has 138 valence electrons. The van der Waals surface area contributed by atoms with Gasteiger partial charge in [0.15, 0.2) is 0 Å². The molecule has 1 atom stereocenters. The summed E-state index contributed by atoms with van der Waals surface area (Å²) >= 11 is 0. The number of ether oxygens (including phenoxy) is 1. The highest BCUT2D eigenvalue weighted by molar-refractivity contribution is 5.78. The van der Waals surface area contributed by atoms with Crippen LogP contribution >= 0.6 is 0 Å². The average Bonchev–Trinajstić information content (AvgIpc) is 2.56. The summed E-state index contributed by atoms with van der Waals surface area (Å²) in [5.74, 6) is 1.10. The van der Waals surface area contributed by atoms with Crippen molar-refractivity contribution in [3.05, 3.63) is 0 Å². The number of nitrogens with zero attached hydrogens (tertiary/aromatic N) is 2. The van der Waals surface area contributed by atoms with Crippen LogP contribution in [0, 0.1) is 11.3 Å². The largest absolute Gasteiger partial charge is 0.381 e. The summed E-state index contributed by atoms with van der Waals surface area (Å²) in [6, 6.07) is 0. The van der Waals surface area contributed by atoms with Crippen molar-refractivity contribution in [1.82, 2.24) is 9.80 Å². The number of carbonyl (C=O) groups is 2. The molecule has 24 heavy (non-hydrogen) atoms. The van der Waals surface area contributed by atoms with Crippen molar-refractivity contribution in [3.8, 4) is 0 Å². The van der Waals surface area contributed by atoms with E-state index in [9.17, 15) is 9.59 Å². The molecule has 1 unspecified atom stereocenters. The Morgan fingerprint density at radius 2 is 2.08 bits per heavy atom. The molecule has 0 aromatic carbocycles. The van der Waals surface area contributed by atoms with Crippen molar-refractivity contribution in [1.29, 1.82) is 0 Å². The lowest BCUT2D eigenvalue weighted by Crippen LogP contribution is -2.55. The van der Waals surface area contributed by atoms with Gasteiger partial charge in [0.1, 0.15) is 0 Å². The summed E-state index contributed by atoms with van der Waals surface area (Å²) in [4.78, 5) is 28.7. The Morgan fingerprint density at radius 1 is 1.29 bits per heavy atom. The number of likely N-dealkylation sites (tertiary alicyclic amines) is 2. The van der Waals surface area contributed by atoms with Crippen LogP contribution in [0.1, 0.15) is 59.3 Å². The summed E-state index contributed by atoms with van der Waals surface area (Å²) in [7, 11) is 0. The van der Waals surface area contributed by atoms with Crippen molar-refractivity contribution >= 4 is 11.8 Å². The lowest BCUT2D eigenvalue weighted by molar-refractivity contribution is -0.143. The van der Waals surface area contributed by atoms with Crippen molar-refractivity contribution in [2.24, 2.45) is 11.3 Å². The highest BCUT2D eigenvalue weighted by atomic mass is 16.5. The van der Waals surface area contributed by atoms with Crippen LogP contribution in [-0.4, -0.2) is 61.0 Å². The van der Waals surface area contributed by atoms with Crippen molar-refractivity contribution in [2.75, 3.05) is 39.4 Å². The maximum Gasteiger partial charge on any atom is 0.224 e. The zero-order valence-electron chi connectivity index (χ0n) is 15.7.